The number of aromatic nitrogens is 1. The fraction of sp³-hybridized carbons (Fsp3) is 0.185. The number of rotatable bonds is 7. The molecule has 9 nitrogen and oxygen atoms in total. The normalized spacial score (nSPS) is 11.4. The van der Waals surface area contributed by atoms with Crippen LogP contribution in [0.1, 0.15) is 38.9 Å². The van der Waals surface area contributed by atoms with E-state index in [1.54, 1.807) is 68.4 Å². The van der Waals surface area contributed by atoms with Gasteiger partial charge in [0, 0.05) is 17.1 Å². The molecule has 0 aliphatic heterocycles. The van der Waals surface area contributed by atoms with Crippen molar-refractivity contribution in [2.24, 2.45) is 4.99 Å². The van der Waals surface area contributed by atoms with Gasteiger partial charge in [0.25, 0.3) is 5.91 Å². The summed E-state index contributed by atoms with van der Waals surface area (Å²) in [5.74, 6) is -0.490. The van der Waals surface area contributed by atoms with E-state index in [-0.39, 0.29) is 24.3 Å². The van der Waals surface area contributed by atoms with Gasteiger partial charge in [0.2, 0.25) is 5.55 Å². The second-order valence-corrected chi connectivity index (χ2v) is 7.77. The lowest BCUT2D eigenvalue weighted by molar-refractivity contribution is 0.0526. The SMILES string of the molecule is CCOC(=O)c1cccc(N=c2oc3c(C)ncc(CO)c3cc2C(=O)Nc2ccccc2OC)c1. The molecule has 0 saturated carbocycles. The number of anilines is 1. The van der Waals surface area contributed by atoms with E-state index in [4.69, 9.17) is 13.9 Å². The van der Waals surface area contributed by atoms with Crippen LogP contribution in [0.4, 0.5) is 11.4 Å². The lowest BCUT2D eigenvalue weighted by Gasteiger charge is -2.12. The summed E-state index contributed by atoms with van der Waals surface area (Å²) in [7, 11) is 1.51. The number of ether oxygens (including phenoxy) is 2. The van der Waals surface area contributed by atoms with Crippen LogP contribution in [0.15, 0.2) is 70.2 Å². The molecule has 0 radical (unpaired) electrons. The van der Waals surface area contributed by atoms with Gasteiger partial charge in [-0.15, -0.1) is 0 Å². The van der Waals surface area contributed by atoms with E-state index in [1.807, 2.05) is 0 Å². The predicted octanol–water partition coefficient (Wildman–Crippen LogP) is 4.30. The molecule has 0 spiro atoms. The molecule has 0 saturated heterocycles. The van der Waals surface area contributed by atoms with Crippen LogP contribution in [0.25, 0.3) is 11.0 Å². The third-order valence-electron chi connectivity index (χ3n) is 5.41. The first-order valence-corrected chi connectivity index (χ1v) is 11.2. The average molecular weight is 488 g/mol. The maximum Gasteiger partial charge on any atom is 0.338 e. The number of carbonyl (C=O) groups is 2. The maximum absolute atomic E-state index is 13.4. The summed E-state index contributed by atoms with van der Waals surface area (Å²) in [5.41, 5.74) is 2.76. The summed E-state index contributed by atoms with van der Waals surface area (Å²) in [5, 5.41) is 13.2. The average Bonchev–Trinajstić information content (AvgIpc) is 2.89. The van der Waals surface area contributed by atoms with Crippen molar-refractivity contribution in [1.29, 1.82) is 0 Å². The third kappa shape index (κ3) is 5.11. The summed E-state index contributed by atoms with van der Waals surface area (Å²) >= 11 is 0. The predicted molar refractivity (Wildman–Crippen MR) is 133 cm³/mol. The van der Waals surface area contributed by atoms with Gasteiger partial charge in [-0.3, -0.25) is 9.78 Å². The molecule has 36 heavy (non-hydrogen) atoms. The van der Waals surface area contributed by atoms with Crippen LogP contribution in [-0.2, 0) is 11.3 Å². The van der Waals surface area contributed by atoms with E-state index in [2.05, 4.69) is 15.3 Å². The number of para-hydroxylation sites is 2. The molecule has 2 heterocycles. The van der Waals surface area contributed by atoms with Crippen molar-refractivity contribution in [3.63, 3.8) is 0 Å². The van der Waals surface area contributed by atoms with E-state index in [1.165, 1.54) is 13.3 Å². The first-order valence-electron chi connectivity index (χ1n) is 11.2. The molecule has 4 aromatic rings. The van der Waals surface area contributed by atoms with Crippen LogP contribution < -0.4 is 15.6 Å². The molecular formula is C27H25N3O6. The van der Waals surface area contributed by atoms with E-state index >= 15 is 0 Å². The first kappa shape index (κ1) is 24.6. The number of aliphatic hydroxyl groups excluding tert-OH is 1. The van der Waals surface area contributed by atoms with Crippen LogP contribution in [0, 0.1) is 6.92 Å². The van der Waals surface area contributed by atoms with Gasteiger partial charge in [-0.25, -0.2) is 9.79 Å². The number of nitrogens with one attached hydrogen (secondary N) is 1. The quantitative estimate of drug-likeness (QED) is 0.373. The Morgan fingerprint density at radius 1 is 1.14 bits per heavy atom. The smallest absolute Gasteiger partial charge is 0.338 e. The Balaban J connectivity index is 1.90. The minimum absolute atomic E-state index is 0.0101. The zero-order valence-corrected chi connectivity index (χ0v) is 20.1. The number of esters is 1. The number of hydrogen-bond acceptors (Lipinski definition) is 8. The molecule has 0 atom stereocenters. The highest BCUT2D eigenvalue weighted by atomic mass is 16.5. The molecule has 184 valence electrons. The molecule has 0 unspecified atom stereocenters. The van der Waals surface area contributed by atoms with Crippen molar-refractivity contribution in [2.45, 2.75) is 20.5 Å². The van der Waals surface area contributed by atoms with Gasteiger partial charge in [-0.1, -0.05) is 18.2 Å². The highest BCUT2D eigenvalue weighted by Gasteiger charge is 2.18. The fourth-order valence-corrected chi connectivity index (χ4v) is 3.63. The monoisotopic (exact) mass is 487 g/mol. The molecule has 4 rings (SSSR count). The van der Waals surface area contributed by atoms with Crippen molar-refractivity contribution in [1.82, 2.24) is 4.98 Å². The van der Waals surface area contributed by atoms with Crippen LogP contribution in [-0.4, -0.2) is 35.7 Å². The van der Waals surface area contributed by atoms with Crippen LogP contribution in [0.3, 0.4) is 0 Å². The maximum atomic E-state index is 13.4. The minimum Gasteiger partial charge on any atom is -0.495 e. The van der Waals surface area contributed by atoms with Gasteiger partial charge in [-0.2, -0.15) is 0 Å². The summed E-state index contributed by atoms with van der Waals surface area (Å²) in [6.07, 6.45) is 1.54. The zero-order valence-electron chi connectivity index (χ0n) is 20.1. The molecular weight excluding hydrogens is 462 g/mol. The Morgan fingerprint density at radius 3 is 2.69 bits per heavy atom. The Kier molecular flexibility index (Phi) is 7.41. The molecule has 1 amide bonds. The molecule has 2 N–H and O–H groups in total. The standard InChI is InChI=1S/C27H25N3O6/c1-4-35-27(33)17-8-7-9-19(12-17)29-26-21(25(32)30-22-10-5-6-11-23(22)34-3)13-20-18(15-31)14-28-16(2)24(20)36-26/h5-14,31H,4,15H2,1-3H3,(H,30,32). The highest BCUT2D eigenvalue weighted by Crippen LogP contribution is 2.25. The number of methoxy groups -OCH3 is 1. The number of aryl methyl sites for hydroxylation is 1. The van der Waals surface area contributed by atoms with Crippen molar-refractivity contribution in [2.75, 3.05) is 19.0 Å². The van der Waals surface area contributed by atoms with Crippen molar-refractivity contribution >= 4 is 34.2 Å². The van der Waals surface area contributed by atoms with E-state index in [9.17, 15) is 14.7 Å². The largest absolute Gasteiger partial charge is 0.495 e. The number of hydrogen-bond donors (Lipinski definition) is 2. The van der Waals surface area contributed by atoms with E-state index in [0.29, 0.717) is 44.9 Å². The molecule has 0 aliphatic rings. The molecule has 0 bridgehead atoms. The van der Waals surface area contributed by atoms with E-state index < -0.39 is 11.9 Å². The number of nitrogens with zero attached hydrogens (tertiary/aromatic N) is 2. The topological polar surface area (TPSA) is 123 Å². The zero-order chi connectivity index (χ0) is 25.7. The van der Waals surface area contributed by atoms with Gasteiger partial charge in [0.1, 0.15) is 11.3 Å². The molecule has 0 aliphatic carbocycles. The lowest BCUT2D eigenvalue weighted by Crippen LogP contribution is -2.22. The Hall–Kier alpha value is -4.50. The molecule has 2 aromatic carbocycles. The number of fused-ring (bicyclic) bond motifs is 1. The number of benzene rings is 2. The van der Waals surface area contributed by atoms with Crippen LogP contribution in [0.5, 0.6) is 5.75 Å². The van der Waals surface area contributed by atoms with E-state index in [0.717, 1.165) is 0 Å². The number of amides is 1. The van der Waals surface area contributed by atoms with Gasteiger partial charge in [0.05, 0.1) is 43.0 Å². The van der Waals surface area contributed by atoms with Crippen LogP contribution >= 0.6 is 0 Å². The van der Waals surface area contributed by atoms with Gasteiger partial charge < -0.3 is 24.3 Å². The minimum atomic E-state index is -0.496. The highest BCUT2D eigenvalue weighted by molar-refractivity contribution is 6.06. The van der Waals surface area contributed by atoms with Crippen molar-refractivity contribution in [3.05, 3.63) is 88.7 Å². The second kappa shape index (κ2) is 10.8. The van der Waals surface area contributed by atoms with Crippen molar-refractivity contribution < 1.29 is 28.6 Å². The third-order valence-corrected chi connectivity index (χ3v) is 5.41. The molecule has 2 aromatic heterocycles. The molecule has 9 heteroatoms. The molecule has 0 fully saturated rings. The Morgan fingerprint density at radius 2 is 1.94 bits per heavy atom. The first-order chi connectivity index (χ1) is 17.4. The number of aliphatic hydroxyl groups is 1. The summed E-state index contributed by atoms with van der Waals surface area (Å²) in [4.78, 5) is 34.4. The summed E-state index contributed by atoms with van der Waals surface area (Å²) in [6, 6.07) is 15.1. The Bertz CT molecular complexity index is 1510. The van der Waals surface area contributed by atoms with Gasteiger partial charge >= 0.3 is 5.97 Å². The fourth-order valence-electron chi connectivity index (χ4n) is 3.63. The number of carbonyl (C=O) groups excluding carboxylic acids is 2. The van der Waals surface area contributed by atoms with Gasteiger partial charge in [0.15, 0.2) is 5.58 Å². The van der Waals surface area contributed by atoms with Crippen molar-refractivity contribution in [3.8, 4) is 5.75 Å². The van der Waals surface area contributed by atoms with Gasteiger partial charge in [-0.05, 0) is 50.2 Å². The second-order valence-electron chi connectivity index (χ2n) is 7.77. The Labute approximate surface area is 207 Å². The summed E-state index contributed by atoms with van der Waals surface area (Å²) < 4.78 is 16.5. The number of pyridine rings is 1. The summed E-state index contributed by atoms with van der Waals surface area (Å²) in [6.45, 7) is 3.44. The van der Waals surface area contributed by atoms with Crippen LogP contribution in [0.2, 0.25) is 0 Å². The lowest BCUT2D eigenvalue weighted by atomic mass is 10.1.